The molecule has 86 valence electrons. The Kier molecular flexibility index (Phi) is 2.59. The van der Waals surface area contributed by atoms with Crippen LogP contribution in [0.4, 0.5) is 5.82 Å². The van der Waals surface area contributed by atoms with Gasteiger partial charge in [-0.3, -0.25) is 9.59 Å². The van der Waals surface area contributed by atoms with Crippen molar-refractivity contribution in [2.45, 2.75) is 13.0 Å². The van der Waals surface area contributed by atoms with Crippen molar-refractivity contribution >= 4 is 23.4 Å². The van der Waals surface area contributed by atoms with Crippen LogP contribution in [0, 0.1) is 0 Å². The molecule has 0 atom stereocenters. The van der Waals surface area contributed by atoms with Crippen LogP contribution in [0.3, 0.4) is 0 Å². The minimum absolute atomic E-state index is 0.110. The van der Waals surface area contributed by atoms with Crippen LogP contribution in [-0.4, -0.2) is 34.2 Å². The number of nitrogens with zero attached hydrogens (tertiary/aromatic N) is 3. The van der Waals surface area contributed by atoms with Gasteiger partial charge in [0.25, 0.3) is 5.56 Å². The molecule has 1 aliphatic heterocycles. The average Bonchev–Trinajstić information content (AvgIpc) is 2.55. The lowest BCUT2D eigenvalue weighted by Crippen LogP contribution is -2.24. The van der Waals surface area contributed by atoms with Gasteiger partial charge in [-0.05, 0) is 11.6 Å². The molecular formula is C9H10ClN3O3. The van der Waals surface area contributed by atoms with Gasteiger partial charge in [-0.2, -0.15) is 4.98 Å². The van der Waals surface area contributed by atoms with Crippen molar-refractivity contribution in [2.24, 2.45) is 0 Å². The maximum absolute atomic E-state index is 11.6. The lowest BCUT2D eigenvalue weighted by Gasteiger charge is -2.15. The SMILES string of the molecule is CN1CCn2c(Cl)nc(=O)c(CC(=O)O)c21. The molecule has 0 saturated carbocycles. The molecule has 6 nitrogen and oxygen atoms in total. The minimum Gasteiger partial charge on any atom is -0.481 e. The topological polar surface area (TPSA) is 75.4 Å². The molecule has 0 fully saturated rings. The van der Waals surface area contributed by atoms with Crippen LogP contribution in [-0.2, 0) is 17.8 Å². The molecule has 1 N–H and O–H groups in total. The van der Waals surface area contributed by atoms with E-state index in [1.54, 1.807) is 11.6 Å². The third kappa shape index (κ3) is 1.65. The van der Waals surface area contributed by atoms with Gasteiger partial charge < -0.3 is 14.6 Å². The Bertz CT molecular complexity index is 511. The summed E-state index contributed by atoms with van der Waals surface area (Å²) in [4.78, 5) is 27.7. The van der Waals surface area contributed by atoms with Gasteiger partial charge in [-0.25, -0.2) is 0 Å². The zero-order valence-corrected chi connectivity index (χ0v) is 9.36. The fourth-order valence-electron chi connectivity index (χ4n) is 1.85. The van der Waals surface area contributed by atoms with Crippen molar-refractivity contribution in [1.29, 1.82) is 0 Å². The van der Waals surface area contributed by atoms with Gasteiger partial charge in [-0.1, -0.05) is 0 Å². The monoisotopic (exact) mass is 243 g/mol. The highest BCUT2D eigenvalue weighted by Crippen LogP contribution is 2.25. The third-order valence-corrected chi connectivity index (χ3v) is 2.84. The van der Waals surface area contributed by atoms with Crippen LogP contribution in [0.25, 0.3) is 0 Å². The maximum Gasteiger partial charge on any atom is 0.308 e. The second-order valence-electron chi connectivity index (χ2n) is 3.63. The van der Waals surface area contributed by atoms with E-state index in [4.69, 9.17) is 16.7 Å². The predicted octanol–water partition coefficient (Wildman–Crippen LogP) is -0.0264. The molecule has 1 aliphatic rings. The minimum atomic E-state index is -1.05. The van der Waals surface area contributed by atoms with Crippen molar-refractivity contribution in [1.82, 2.24) is 9.55 Å². The Morgan fingerprint density at radius 3 is 2.88 bits per heavy atom. The van der Waals surface area contributed by atoms with E-state index in [9.17, 15) is 9.59 Å². The predicted molar refractivity (Wildman–Crippen MR) is 58.1 cm³/mol. The molecule has 1 aromatic rings. The highest BCUT2D eigenvalue weighted by molar-refractivity contribution is 6.28. The first kappa shape index (κ1) is 10.9. The number of hydrogen-bond acceptors (Lipinski definition) is 4. The van der Waals surface area contributed by atoms with Crippen molar-refractivity contribution in [3.63, 3.8) is 0 Å². The summed E-state index contributed by atoms with van der Waals surface area (Å²) in [6.07, 6.45) is -0.331. The summed E-state index contributed by atoms with van der Waals surface area (Å²) in [7, 11) is 1.79. The van der Waals surface area contributed by atoms with Crippen LogP contribution >= 0.6 is 11.6 Å². The molecular weight excluding hydrogens is 234 g/mol. The van der Waals surface area contributed by atoms with Crippen LogP contribution in [0.5, 0.6) is 0 Å². The smallest absolute Gasteiger partial charge is 0.308 e. The Balaban J connectivity index is 2.64. The standard InChI is InChI=1S/C9H10ClN3O3/c1-12-2-3-13-8(12)5(4-6(14)15)7(16)11-9(13)10/h2-4H2,1H3,(H,14,15). The van der Waals surface area contributed by atoms with E-state index >= 15 is 0 Å². The number of hydrogen-bond donors (Lipinski definition) is 1. The number of rotatable bonds is 2. The van der Waals surface area contributed by atoms with E-state index in [1.165, 1.54) is 0 Å². The number of carboxylic acids is 1. The van der Waals surface area contributed by atoms with Crippen LogP contribution in [0.15, 0.2) is 4.79 Å². The number of likely N-dealkylation sites (N-methyl/N-ethyl adjacent to an activating group) is 1. The molecule has 16 heavy (non-hydrogen) atoms. The van der Waals surface area contributed by atoms with Crippen LogP contribution in [0.1, 0.15) is 5.56 Å². The van der Waals surface area contributed by atoms with Crippen LogP contribution < -0.4 is 10.5 Å². The van der Waals surface area contributed by atoms with Gasteiger partial charge in [0.05, 0.1) is 12.0 Å². The molecule has 0 saturated heterocycles. The second kappa shape index (κ2) is 3.79. The van der Waals surface area contributed by atoms with Crippen molar-refractivity contribution < 1.29 is 9.90 Å². The molecule has 0 bridgehead atoms. The first-order chi connectivity index (χ1) is 7.50. The molecule has 7 heteroatoms. The van der Waals surface area contributed by atoms with Gasteiger partial charge in [0.2, 0.25) is 5.28 Å². The zero-order valence-electron chi connectivity index (χ0n) is 8.60. The maximum atomic E-state index is 11.6. The summed E-state index contributed by atoms with van der Waals surface area (Å²) < 4.78 is 1.65. The lowest BCUT2D eigenvalue weighted by atomic mass is 10.2. The number of halogens is 1. The number of carbonyl (C=O) groups is 1. The number of fused-ring (bicyclic) bond motifs is 1. The van der Waals surface area contributed by atoms with Crippen molar-refractivity contribution in [3.05, 3.63) is 21.2 Å². The molecule has 2 rings (SSSR count). The Hall–Kier alpha value is -1.56. The van der Waals surface area contributed by atoms with Crippen LogP contribution in [0.2, 0.25) is 5.28 Å². The first-order valence-corrected chi connectivity index (χ1v) is 5.10. The van der Waals surface area contributed by atoms with Gasteiger partial charge in [0.1, 0.15) is 5.82 Å². The van der Waals surface area contributed by atoms with Crippen molar-refractivity contribution in [3.8, 4) is 0 Å². The Morgan fingerprint density at radius 2 is 2.25 bits per heavy atom. The molecule has 1 aromatic heterocycles. The van der Waals surface area contributed by atoms with E-state index in [2.05, 4.69) is 4.98 Å². The molecule has 0 aliphatic carbocycles. The highest BCUT2D eigenvalue weighted by atomic mass is 35.5. The second-order valence-corrected chi connectivity index (χ2v) is 3.97. The highest BCUT2D eigenvalue weighted by Gasteiger charge is 2.25. The molecule has 0 aromatic carbocycles. The Morgan fingerprint density at radius 1 is 1.56 bits per heavy atom. The summed E-state index contributed by atoms with van der Waals surface area (Å²) in [5, 5.41) is 8.86. The van der Waals surface area contributed by atoms with E-state index in [-0.39, 0.29) is 17.3 Å². The van der Waals surface area contributed by atoms with Gasteiger partial charge in [-0.15, -0.1) is 0 Å². The zero-order chi connectivity index (χ0) is 11.9. The molecule has 0 spiro atoms. The van der Waals surface area contributed by atoms with E-state index < -0.39 is 11.5 Å². The molecule has 0 unspecified atom stereocenters. The Labute approximate surface area is 96.1 Å². The van der Waals surface area contributed by atoms with Gasteiger partial charge >= 0.3 is 5.97 Å². The lowest BCUT2D eigenvalue weighted by molar-refractivity contribution is -0.136. The summed E-state index contributed by atoms with van der Waals surface area (Å²) in [6.45, 7) is 1.31. The van der Waals surface area contributed by atoms with Gasteiger partial charge in [0, 0.05) is 20.1 Å². The van der Waals surface area contributed by atoms with Crippen molar-refractivity contribution in [2.75, 3.05) is 18.5 Å². The molecule has 2 heterocycles. The largest absolute Gasteiger partial charge is 0.481 e. The number of aliphatic carboxylic acids is 1. The van der Waals surface area contributed by atoms with Gasteiger partial charge in [0.15, 0.2) is 0 Å². The fraction of sp³-hybridized carbons (Fsp3) is 0.444. The molecule has 0 amide bonds. The summed E-state index contributed by atoms with van der Waals surface area (Å²) in [5.41, 5.74) is -0.371. The normalized spacial score (nSPS) is 14.0. The number of aromatic nitrogens is 2. The quantitative estimate of drug-likeness (QED) is 0.739. The average molecular weight is 244 g/mol. The first-order valence-electron chi connectivity index (χ1n) is 4.73. The summed E-state index contributed by atoms with van der Waals surface area (Å²) in [5.74, 6) is -0.489. The van der Waals surface area contributed by atoms with E-state index in [0.29, 0.717) is 18.9 Å². The number of anilines is 1. The van der Waals surface area contributed by atoms with E-state index in [1.807, 2.05) is 4.90 Å². The third-order valence-electron chi connectivity index (χ3n) is 2.55. The summed E-state index contributed by atoms with van der Waals surface area (Å²) >= 11 is 5.83. The van der Waals surface area contributed by atoms with E-state index in [0.717, 1.165) is 0 Å². The fourth-order valence-corrected chi connectivity index (χ4v) is 2.10. The number of carboxylic acid groups (broad SMARTS) is 1. The molecule has 0 radical (unpaired) electrons. The summed E-state index contributed by atoms with van der Waals surface area (Å²) in [6, 6.07) is 0.